The second kappa shape index (κ2) is 7.36. The Kier molecular flexibility index (Phi) is 5.17. The van der Waals surface area contributed by atoms with Crippen LogP contribution in [0.1, 0.15) is 23.7 Å². The number of hydrogen-bond donors (Lipinski definition) is 2. The van der Waals surface area contributed by atoms with Gasteiger partial charge >= 0.3 is 11.7 Å². The van der Waals surface area contributed by atoms with Crippen LogP contribution in [0.25, 0.3) is 10.9 Å². The van der Waals surface area contributed by atoms with Crippen LogP contribution in [0.15, 0.2) is 27.8 Å². The van der Waals surface area contributed by atoms with E-state index in [1.807, 2.05) is 0 Å². The molecule has 0 saturated carbocycles. The second-order valence-corrected chi connectivity index (χ2v) is 7.21. The molecule has 1 atom stereocenters. The first-order valence-corrected chi connectivity index (χ1v) is 9.45. The van der Waals surface area contributed by atoms with Gasteiger partial charge in [0.15, 0.2) is 0 Å². The van der Waals surface area contributed by atoms with Gasteiger partial charge in [0.2, 0.25) is 0 Å². The molecule has 1 unspecified atom stereocenters. The van der Waals surface area contributed by atoms with E-state index in [4.69, 9.17) is 5.11 Å². The third-order valence-corrected chi connectivity index (χ3v) is 5.54. The van der Waals surface area contributed by atoms with E-state index in [9.17, 15) is 19.2 Å². The number of carbonyl (C=O) groups excluding carboxylic acids is 1. The predicted molar refractivity (Wildman–Crippen MR) is 98.9 cm³/mol. The zero-order valence-corrected chi connectivity index (χ0v) is 15.0. The molecule has 26 heavy (non-hydrogen) atoms. The van der Waals surface area contributed by atoms with Gasteiger partial charge in [-0.05, 0) is 25.1 Å². The van der Waals surface area contributed by atoms with Crippen molar-refractivity contribution in [2.45, 2.75) is 25.9 Å². The van der Waals surface area contributed by atoms with Gasteiger partial charge in [0.25, 0.3) is 11.5 Å². The molecule has 2 heterocycles. The Morgan fingerprint density at radius 3 is 2.81 bits per heavy atom. The minimum Gasteiger partial charge on any atom is -0.481 e. The summed E-state index contributed by atoms with van der Waals surface area (Å²) in [5.41, 5.74) is -0.295. The molecule has 2 N–H and O–H groups in total. The molecule has 2 aromatic rings. The summed E-state index contributed by atoms with van der Waals surface area (Å²) in [4.78, 5) is 52.4. The fraction of sp³-hybridized carbons (Fsp3) is 0.412. The van der Waals surface area contributed by atoms with Crippen LogP contribution in [0.4, 0.5) is 0 Å². The number of fused-ring (bicyclic) bond motifs is 1. The number of carbonyl (C=O) groups is 2. The van der Waals surface area contributed by atoms with Crippen LogP contribution in [0.3, 0.4) is 0 Å². The van der Waals surface area contributed by atoms with Gasteiger partial charge in [0.05, 0.1) is 23.4 Å². The van der Waals surface area contributed by atoms with Crippen molar-refractivity contribution in [3.05, 3.63) is 44.6 Å². The van der Waals surface area contributed by atoms with Gasteiger partial charge in [-0.3, -0.25) is 19.0 Å². The molecule has 1 amide bonds. The molecule has 138 valence electrons. The van der Waals surface area contributed by atoms with E-state index in [1.54, 1.807) is 29.7 Å². The maximum atomic E-state index is 12.9. The lowest BCUT2D eigenvalue weighted by Crippen LogP contribution is -2.47. The molecule has 1 fully saturated rings. The summed E-state index contributed by atoms with van der Waals surface area (Å²) < 4.78 is 1.09. The van der Waals surface area contributed by atoms with Crippen LogP contribution in [0.5, 0.6) is 0 Å². The van der Waals surface area contributed by atoms with Crippen molar-refractivity contribution in [1.82, 2.24) is 14.5 Å². The molecule has 1 aliphatic heterocycles. The lowest BCUT2D eigenvalue weighted by Gasteiger charge is -2.34. The number of benzene rings is 1. The van der Waals surface area contributed by atoms with Gasteiger partial charge in [0.1, 0.15) is 0 Å². The van der Waals surface area contributed by atoms with E-state index in [0.29, 0.717) is 28.8 Å². The standard InChI is InChI=1S/C17H19N3O5S/c1-2-19-16(24)12-4-3-10(7-13(12)18-17(19)25)15(23)20-5-6-26-9-11(20)8-14(21)22/h3-4,7,11H,2,5-6,8-9H2,1H3,(H,18,25)(H,21,22). The van der Waals surface area contributed by atoms with Crippen molar-refractivity contribution in [1.29, 1.82) is 0 Å². The Balaban J connectivity index is 1.99. The molecule has 0 radical (unpaired) electrons. The maximum absolute atomic E-state index is 12.9. The number of aromatic nitrogens is 2. The molecular weight excluding hydrogens is 358 g/mol. The number of rotatable bonds is 4. The van der Waals surface area contributed by atoms with Crippen LogP contribution < -0.4 is 11.2 Å². The number of aromatic amines is 1. The number of carboxylic acid groups (broad SMARTS) is 1. The molecule has 3 rings (SSSR count). The monoisotopic (exact) mass is 377 g/mol. The number of amides is 1. The number of nitrogens with zero attached hydrogens (tertiary/aromatic N) is 2. The summed E-state index contributed by atoms with van der Waals surface area (Å²) in [5, 5.41) is 9.40. The summed E-state index contributed by atoms with van der Waals surface area (Å²) in [6.45, 7) is 2.43. The van der Waals surface area contributed by atoms with Crippen molar-refractivity contribution < 1.29 is 14.7 Å². The Hall–Kier alpha value is -2.55. The number of carboxylic acids is 1. The topological polar surface area (TPSA) is 112 Å². The number of hydrogen-bond acceptors (Lipinski definition) is 5. The third kappa shape index (κ3) is 3.39. The molecule has 1 aromatic heterocycles. The van der Waals surface area contributed by atoms with Crippen LogP contribution in [-0.2, 0) is 11.3 Å². The average molecular weight is 377 g/mol. The maximum Gasteiger partial charge on any atom is 0.328 e. The summed E-state index contributed by atoms with van der Waals surface area (Å²) in [7, 11) is 0. The highest BCUT2D eigenvalue weighted by atomic mass is 32.2. The van der Waals surface area contributed by atoms with Gasteiger partial charge in [-0.25, -0.2) is 4.79 Å². The van der Waals surface area contributed by atoms with Gasteiger partial charge in [-0.2, -0.15) is 11.8 Å². The summed E-state index contributed by atoms with van der Waals surface area (Å²) in [5.74, 6) is 0.0779. The van der Waals surface area contributed by atoms with Gasteiger partial charge < -0.3 is 15.0 Å². The number of aliphatic carboxylic acids is 1. The SMILES string of the molecule is CCn1c(=O)[nH]c2cc(C(=O)N3CCSCC3CC(=O)O)ccc2c1=O. The Morgan fingerprint density at radius 2 is 2.12 bits per heavy atom. The lowest BCUT2D eigenvalue weighted by atomic mass is 10.1. The molecule has 0 aliphatic carbocycles. The molecule has 0 spiro atoms. The zero-order chi connectivity index (χ0) is 18.8. The molecule has 1 aliphatic rings. The number of H-pyrrole nitrogens is 1. The fourth-order valence-corrected chi connectivity index (χ4v) is 4.20. The van der Waals surface area contributed by atoms with Crippen molar-refractivity contribution in [2.24, 2.45) is 0 Å². The van der Waals surface area contributed by atoms with Crippen molar-refractivity contribution in [3.8, 4) is 0 Å². The molecular formula is C17H19N3O5S. The minimum absolute atomic E-state index is 0.107. The van der Waals surface area contributed by atoms with Crippen LogP contribution >= 0.6 is 11.8 Å². The molecule has 1 saturated heterocycles. The molecule has 1 aromatic carbocycles. The lowest BCUT2D eigenvalue weighted by molar-refractivity contribution is -0.138. The van der Waals surface area contributed by atoms with Crippen molar-refractivity contribution in [2.75, 3.05) is 18.1 Å². The normalized spacial score (nSPS) is 17.4. The first kappa shape index (κ1) is 18.2. The summed E-state index contributed by atoms with van der Waals surface area (Å²) >= 11 is 1.62. The van der Waals surface area contributed by atoms with Crippen molar-refractivity contribution in [3.63, 3.8) is 0 Å². The van der Waals surface area contributed by atoms with Crippen LogP contribution in [0, 0.1) is 0 Å². The number of thioether (sulfide) groups is 1. The van der Waals surface area contributed by atoms with E-state index in [-0.39, 0.29) is 24.9 Å². The Morgan fingerprint density at radius 1 is 1.35 bits per heavy atom. The van der Waals surface area contributed by atoms with E-state index in [2.05, 4.69) is 4.98 Å². The predicted octanol–water partition coefficient (Wildman–Crippen LogP) is 0.742. The second-order valence-electron chi connectivity index (χ2n) is 6.07. The van der Waals surface area contributed by atoms with Crippen LogP contribution in [-0.4, -0.2) is 55.5 Å². The van der Waals surface area contributed by atoms with E-state index < -0.39 is 17.2 Å². The highest BCUT2D eigenvalue weighted by Gasteiger charge is 2.29. The van der Waals surface area contributed by atoms with Crippen LogP contribution in [0.2, 0.25) is 0 Å². The molecule has 9 heteroatoms. The zero-order valence-electron chi connectivity index (χ0n) is 14.2. The van der Waals surface area contributed by atoms with E-state index in [0.717, 1.165) is 10.3 Å². The average Bonchev–Trinajstić information content (AvgIpc) is 2.61. The molecule has 8 nitrogen and oxygen atoms in total. The smallest absolute Gasteiger partial charge is 0.328 e. The largest absolute Gasteiger partial charge is 0.481 e. The third-order valence-electron chi connectivity index (χ3n) is 4.44. The first-order valence-electron chi connectivity index (χ1n) is 8.29. The summed E-state index contributed by atoms with van der Waals surface area (Å²) in [6.07, 6.45) is -0.107. The first-order chi connectivity index (χ1) is 12.4. The van der Waals surface area contributed by atoms with E-state index >= 15 is 0 Å². The highest BCUT2D eigenvalue weighted by molar-refractivity contribution is 7.99. The van der Waals surface area contributed by atoms with Gasteiger partial charge in [-0.1, -0.05) is 0 Å². The number of nitrogens with one attached hydrogen (secondary N) is 1. The summed E-state index contributed by atoms with van der Waals surface area (Å²) in [6, 6.07) is 4.18. The van der Waals surface area contributed by atoms with Crippen molar-refractivity contribution >= 4 is 34.5 Å². The quantitative estimate of drug-likeness (QED) is 0.813. The molecule has 0 bridgehead atoms. The van der Waals surface area contributed by atoms with E-state index in [1.165, 1.54) is 12.1 Å². The Labute approximate surface area is 152 Å². The van der Waals surface area contributed by atoms with Gasteiger partial charge in [-0.15, -0.1) is 0 Å². The Bertz CT molecular complexity index is 981. The fourth-order valence-electron chi connectivity index (χ4n) is 3.13. The minimum atomic E-state index is -0.946. The highest BCUT2D eigenvalue weighted by Crippen LogP contribution is 2.22. The van der Waals surface area contributed by atoms with Gasteiger partial charge in [0, 0.05) is 30.2 Å².